The zero-order valence-corrected chi connectivity index (χ0v) is 18.8. The van der Waals surface area contributed by atoms with E-state index >= 15 is 0 Å². The molecule has 0 aromatic heterocycles. The van der Waals surface area contributed by atoms with E-state index in [4.69, 9.17) is 9.47 Å². The van der Waals surface area contributed by atoms with Crippen molar-refractivity contribution in [2.45, 2.75) is 82.6 Å². The highest BCUT2D eigenvalue weighted by atomic mass is 19.1. The Morgan fingerprint density at radius 1 is 1.13 bits per heavy atom. The lowest BCUT2D eigenvalue weighted by molar-refractivity contribution is -0.134. The van der Waals surface area contributed by atoms with E-state index < -0.39 is 0 Å². The van der Waals surface area contributed by atoms with Crippen molar-refractivity contribution in [3.8, 4) is 5.75 Å². The van der Waals surface area contributed by atoms with Crippen LogP contribution in [0.1, 0.15) is 76.7 Å². The molecule has 4 aliphatic rings. The largest absolute Gasteiger partial charge is 0.489 e. The maximum Gasteiger partial charge on any atom is 0.226 e. The second-order valence-electron chi connectivity index (χ2n) is 9.71. The van der Waals surface area contributed by atoms with Gasteiger partial charge in [0, 0.05) is 24.7 Å². The van der Waals surface area contributed by atoms with E-state index in [0.717, 1.165) is 76.8 Å². The van der Waals surface area contributed by atoms with Crippen LogP contribution in [0.5, 0.6) is 5.75 Å². The molecule has 5 rings (SSSR count). The van der Waals surface area contributed by atoms with Gasteiger partial charge in [0.15, 0.2) is 0 Å². The summed E-state index contributed by atoms with van der Waals surface area (Å²) in [4.78, 5) is 13.3. The fraction of sp³-hybridized carbons (Fsp3) is 0.654. The van der Waals surface area contributed by atoms with Crippen molar-refractivity contribution in [3.63, 3.8) is 0 Å². The normalized spacial score (nSPS) is 29.4. The minimum Gasteiger partial charge on any atom is -0.489 e. The van der Waals surface area contributed by atoms with E-state index in [-0.39, 0.29) is 22.8 Å². The molecule has 1 N–H and O–H groups in total. The van der Waals surface area contributed by atoms with Crippen molar-refractivity contribution in [1.82, 2.24) is 5.32 Å². The predicted molar refractivity (Wildman–Crippen MR) is 120 cm³/mol. The Morgan fingerprint density at radius 3 is 2.48 bits per heavy atom. The third-order valence-electron chi connectivity index (χ3n) is 8.01. The van der Waals surface area contributed by atoms with Gasteiger partial charge in [0.2, 0.25) is 5.91 Å². The van der Waals surface area contributed by atoms with Gasteiger partial charge in [-0.05, 0) is 86.5 Å². The van der Waals surface area contributed by atoms with Crippen molar-refractivity contribution in [1.29, 1.82) is 0 Å². The molecule has 3 aliphatic carbocycles. The highest BCUT2D eigenvalue weighted by Gasteiger charge is 2.50. The summed E-state index contributed by atoms with van der Waals surface area (Å²) in [6.07, 6.45) is 10.5. The molecular formula is C26H36FNO3. The van der Waals surface area contributed by atoms with Gasteiger partial charge in [-0.3, -0.25) is 4.79 Å². The van der Waals surface area contributed by atoms with Gasteiger partial charge in [-0.25, -0.2) is 4.39 Å². The zero-order chi connectivity index (χ0) is 21.7. The van der Waals surface area contributed by atoms with Crippen LogP contribution in [0, 0.1) is 5.41 Å². The number of hydrogen-bond acceptors (Lipinski definition) is 3. The van der Waals surface area contributed by atoms with Crippen LogP contribution in [0.15, 0.2) is 36.2 Å². The molecule has 3 saturated carbocycles. The first-order chi connectivity index (χ1) is 15.1. The molecular weight excluding hydrogens is 393 g/mol. The number of nitrogens with one attached hydrogen (secondary N) is 1. The minimum absolute atomic E-state index is 0.172. The number of ether oxygens (including phenoxy) is 2. The van der Waals surface area contributed by atoms with Crippen LogP contribution in [-0.4, -0.2) is 31.8 Å². The molecule has 1 aromatic carbocycles. The first-order valence-electron chi connectivity index (χ1n) is 12.0. The first kappa shape index (κ1) is 22.3. The van der Waals surface area contributed by atoms with Gasteiger partial charge in [-0.2, -0.15) is 0 Å². The summed E-state index contributed by atoms with van der Waals surface area (Å²) in [5, 5.41) is 3.36. The molecule has 0 spiro atoms. The second kappa shape index (κ2) is 9.72. The Labute approximate surface area is 185 Å². The van der Waals surface area contributed by atoms with Crippen molar-refractivity contribution < 1.29 is 18.7 Å². The Bertz CT molecular complexity index is 774. The fourth-order valence-electron chi connectivity index (χ4n) is 5.72. The monoisotopic (exact) mass is 429 g/mol. The summed E-state index contributed by atoms with van der Waals surface area (Å²) in [5.41, 5.74) is 2.01. The first-order valence-corrected chi connectivity index (χ1v) is 12.0. The fourth-order valence-corrected chi connectivity index (χ4v) is 5.72. The Balaban J connectivity index is 1.39. The van der Waals surface area contributed by atoms with Gasteiger partial charge >= 0.3 is 0 Å². The van der Waals surface area contributed by atoms with Gasteiger partial charge < -0.3 is 14.8 Å². The lowest BCUT2D eigenvalue weighted by Crippen LogP contribution is -2.49. The Kier molecular flexibility index (Phi) is 7.00. The maximum absolute atomic E-state index is 13.3. The summed E-state index contributed by atoms with van der Waals surface area (Å²) < 4.78 is 23.9. The number of amides is 1. The molecule has 1 amide bonds. The Hall–Kier alpha value is -1.88. The summed E-state index contributed by atoms with van der Waals surface area (Å²) in [6.45, 7) is 3.73. The van der Waals surface area contributed by atoms with Crippen molar-refractivity contribution >= 4 is 5.91 Å². The van der Waals surface area contributed by atoms with Gasteiger partial charge in [0.05, 0.1) is 6.33 Å². The summed E-state index contributed by atoms with van der Waals surface area (Å²) in [7, 11) is 0. The molecule has 2 bridgehead atoms. The van der Waals surface area contributed by atoms with Gasteiger partial charge in [0.1, 0.15) is 12.4 Å². The van der Waals surface area contributed by atoms with Crippen LogP contribution in [0.2, 0.25) is 0 Å². The molecule has 0 unspecified atom stereocenters. The van der Waals surface area contributed by atoms with E-state index in [0.29, 0.717) is 24.9 Å². The van der Waals surface area contributed by atoms with Crippen LogP contribution in [0.4, 0.5) is 4.39 Å². The highest BCUT2D eigenvalue weighted by molar-refractivity contribution is 5.83. The standard InChI is InChI=1S/C26H36FNO3/c1-2-20(18-27)19-31-23-6-4-21(5-7-23)25-10-3-11-26(14-12-25,15-13-25)24(29)28-22-8-16-30-17-9-22/h4-7,18,22H,2-3,8-17,19H2,1H3,(H,28,29)/b20-18+. The molecule has 4 nitrogen and oxygen atoms in total. The van der Waals surface area contributed by atoms with Crippen LogP contribution >= 0.6 is 0 Å². The number of carbonyl (C=O) groups is 1. The third-order valence-corrected chi connectivity index (χ3v) is 8.01. The zero-order valence-electron chi connectivity index (χ0n) is 18.8. The number of carbonyl (C=O) groups excluding carboxylic acids is 1. The lowest BCUT2D eigenvalue weighted by atomic mass is 9.62. The van der Waals surface area contributed by atoms with Crippen molar-refractivity contribution in [3.05, 3.63) is 41.7 Å². The molecule has 5 heteroatoms. The quantitative estimate of drug-likeness (QED) is 0.613. The molecule has 1 aromatic rings. The maximum atomic E-state index is 13.3. The van der Waals surface area contributed by atoms with Crippen LogP contribution in [-0.2, 0) is 14.9 Å². The molecule has 0 atom stereocenters. The summed E-state index contributed by atoms with van der Waals surface area (Å²) in [5.74, 6) is 1.06. The molecule has 1 aliphatic heterocycles. The number of halogens is 1. The molecule has 170 valence electrons. The van der Waals surface area contributed by atoms with E-state index in [2.05, 4.69) is 17.4 Å². The van der Waals surface area contributed by atoms with E-state index in [1.165, 1.54) is 5.56 Å². The highest BCUT2D eigenvalue weighted by Crippen LogP contribution is 2.55. The van der Waals surface area contributed by atoms with Gasteiger partial charge in [-0.15, -0.1) is 0 Å². The third kappa shape index (κ3) is 4.82. The van der Waals surface area contributed by atoms with Gasteiger partial charge in [-0.1, -0.05) is 25.5 Å². The molecule has 4 fully saturated rings. The van der Waals surface area contributed by atoms with E-state index in [1.807, 2.05) is 19.1 Å². The van der Waals surface area contributed by atoms with Crippen molar-refractivity contribution in [2.24, 2.45) is 5.41 Å². The van der Waals surface area contributed by atoms with Crippen LogP contribution < -0.4 is 10.1 Å². The SMILES string of the molecule is CC/C(=C\F)COc1ccc(C23CCCC(C(=O)NC4CCOCC4)(CC2)CC3)cc1. The topological polar surface area (TPSA) is 47.6 Å². The Morgan fingerprint density at radius 2 is 1.84 bits per heavy atom. The minimum atomic E-state index is -0.184. The number of fused-ring (bicyclic) bond motifs is 4. The summed E-state index contributed by atoms with van der Waals surface area (Å²) in [6, 6.07) is 8.67. The second-order valence-corrected chi connectivity index (χ2v) is 9.71. The molecule has 31 heavy (non-hydrogen) atoms. The van der Waals surface area contributed by atoms with Crippen LogP contribution in [0.3, 0.4) is 0 Å². The van der Waals surface area contributed by atoms with E-state index in [1.54, 1.807) is 0 Å². The average molecular weight is 430 g/mol. The van der Waals surface area contributed by atoms with Crippen molar-refractivity contribution in [2.75, 3.05) is 19.8 Å². The van der Waals surface area contributed by atoms with Gasteiger partial charge in [0.25, 0.3) is 0 Å². The number of hydrogen-bond donors (Lipinski definition) is 1. The summed E-state index contributed by atoms with van der Waals surface area (Å²) >= 11 is 0. The average Bonchev–Trinajstić information content (AvgIpc) is 3.13. The smallest absolute Gasteiger partial charge is 0.226 e. The van der Waals surface area contributed by atoms with E-state index in [9.17, 15) is 9.18 Å². The predicted octanol–water partition coefficient (Wildman–Crippen LogP) is 5.61. The number of benzene rings is 1. The van der Waals surface area contributed by atoms with Crippen LogP contribution in [0.25, 0.3) is 0 Å². The molecule has 1 saturated heterocycles. The molecule has 0 radical (unpaired) electrons. The number of rotatable bonds is 7. The molecule has 1 heterocycles. The lowest BCUT2D eigenvalue weighted by Gasteiger charge is -2.43.